The van der Waals surface area contributed by atoms with Gasteiger partial charge in [0.05, 0.1) is 17.0 Å². The van der Waals surface area contributed by atoms with Gasteiger partial charge in [0.15, 0.2) is 11.5 Å². The number of amides is 3. The number of nitrogens with two attached hydrogens (primary N) is 1. The number of primary sulfonamides is 1. The minimum Gasteiger partial charge on any atom is -0.454 e. The molecule has 10 nitrogen and oxygen atoms in total. The molecule has 2 aliphatic rings. The van der Waals surface area contributed by atoms with Crippen LogP contribution in [0.3, 0.4) is 0 Å². The zero-order valence-electron chi connectivity index (χ0n) is 19.8. The van der Waals surface area contributed by atoms with Gasteiger partial charge in [0.25, 0.3) is 11.8 Å². The van der Waals surface area contributed by atoms with Crippen LogP contribution < -0.4 is 19.5 Å². The lowest BCUT2D eigenvalue weighted by Gasteiger charge is -2.28. The summed E-state index contributed by atoms with van der Waals surface area (Å²) in [4.78, 5) is 42.5. The van der Waals surface area contributed by atoms with Crippen molar-refractivity contribution >= 4 is 33.4 Å². The minimum atomic E-state index is -3.94. The highest BCUT2D eigenvalue weighted by atomic mass is 32.2. The van der Waals surface area contributed by atoms with E-state index in [9.17, 15) is 22.8 Å². The van der Waals surface area contributed by atoms with Crippen LogP contribution in [0, 0.1) is 6.92 Å². The Labute approximate surface area is 213 Å². The molecular formula is C26H23N3O7S. The molecule has 0 saturated carbocycles. The largest absolute Gasteiger partial charge is 0.454 e. The fourth-order valence-electron chi connectivity index (χ4n) is 4.44. The first-order valence-corrected chi connectivity index (χ1v) is 12.9. The molecule has 11 heteroatoms. The number of anilines is 1. The van der Waals surface area contributed by atoms with E-state index in [1.807, 2.05) is 6.07 Å². The van der Waals surface area contributed by atoms with E-state index in [0.717, 1.165) is 10.5 Å². The first kappa shape index (κ1) is 24.5. The summed E-state index contributed by atoms with van der Waals surface area (Å²) >= 11 is 0. The number of carbonyl (C=O) groups excluding carboxylic acids is 3. The average Bonchev–Trinajstić information content (AvgIpc) is 3.45. The number of imide groups is 1. The molecular weight excluding hydrogens is 498 g/mol. The number of hydrogen-bond acceptors (Lipinski definition) is 7. The molecule has 2 aliphatic heterocycles. The van der Waals surface area contributed by atoms with Gasteiger partial charge >= 0.3 is 0 Å². The Morgan fingerprint density at radius 2 is 1.73 bits per heavy atom. The maximum absolute atomic E-state index is 13.7. The van der Waals surface area contributed by atoms with Crippen LogP contribution in [0.25, 0.3) is 0 Å². The van der Waals surface area contributed by atoms with Crippen LogP contribution in [0.15, 0.2) is 71.6 Å². The monoisotopic (exact) mass is 521 g/mol. The van der Waals surface area contributed by atoms with Crippen molar-refractivity contribution in [1.82, 2.24) is 4.90 Å². The summed E-state index contributed by atoms with van der Waals surface area (Å²) in [5.41, 5.74) is 2.04. The highest BCUT2D eigenvalue weighted by Crippen LogP contribution is 2.34. The summed E-state index contributed by atoms with van der Waals surface area (Å²) in [5, 5.41) is 5.15. The van der Waals surface area contributed by atoms with Crippen molar-refractivity contribution in [3.63, 3.8) is 0 Å². The van der Waals surface area contributed by atoms with Gasteiger partial charge in [-0.2, -0.15) is 0 Å². The Kier molecular flexibility index (Phi) is 6.18. The van der Waals surface area contributed by atoms with Crippen LogP contribution >= 0.6 is 0 Å². The van der Waals surface area contributed by atoms with E-state index < -0.39 is 33.8 Å². The quantitative estimate of drug-likeness (QED) is 0.492. The molecule has 3 aromatic rings. The predicted octanol–water partition coefficient (Wildman–Crippen LogP) is 2.35. The van der Waals surface area contributed by atoms with Crippen LogP contribution in [0.2, 0.25) is 0 Å². The standard InChI is InChI=1S/C26H23N3O7S/c1-16-4-2-3-5-20(16)25(31)28(14-17-6-11-22-23(12-17)36-15-35-22)21-13-24(30)29(26(21)32)18-7-9-19(10-8-18)37(27,33)34/h2-12,21H,13-15H2,1H3,(H2,27,33,34). The SMILES string of the molecule is Cc1ccccc1C(=O)N(Cc1ccc2c(c1)OCO2)C1CC(=O)N(c2ccc(S(N)(=O)=O)cc2)C1=O. The van der Waals surface area contributed by atoms with Crippen molar-refractivity contribution in [2.45, 2.75) is 30.8 Å². The summed E-state index contributed by atoms with van der Waals surface area (Å²) < 4.78 is 34.0. The number of carbonyl (C=O) groups is 3. The molecule has 2 heterocycles. The summed E-state index contributed by atoms with van der Waals surface area (Å²) in [6.07, 6.45) is -0.224. The summed E-state index contributed by atoms with van der Waals surface area (Å²) in [7, 11) is -3.94. The lowest BCUT2D eigenvalue weighted by atomic mass is 10.0. The van der Waals surface area contributed by atoms with Gasteiger partial charge in [0.1, 0.15) is 6.04 Å². The van der Waals surface area contributed by atoms with Gasteiger partial charge in [-0.25, -0.2) is 18.5 Å². The van der Waals surface area contributed by atoms with Gasteiger partial charge in [-0.15, -0.1) is 0 Å². The first-order chi connectivity index (χ1) is 17.6. The Bertz CT molecular complexity index is 1520. The van der Waals surface area contributed by atoms with E-state index in [4.69, 9.17) is 14.6 Å². The molecule has 3 amide bonds. The second kappa shape index (κ2) is 9.34. The molecule has 3 aromatic carbocycles. The second-order valence-corrected chi connectivity index (χ2v) is 10.3. The topological polar surface area (TPSA) is 136 Å². The summed E-state index contributed by atoms with van der Waals surface area (Å²) in [6.45, 7) is 1.94. The molecule has 1 fully saturated rings. The molecule has 1 atom stereocenters. The number of nitrogens with zero attached hydrogens (tertiary/aromatic N) is 2. The van der Waals surface area contributed by atoms with E-state index in [-0.39, 0.29) is 30.3 Å². The van der Waals surface area contributed by atoms with Gasteiger partial charge in [-0.1, -0.05) is 24.3 Å². The van der Waals surface area contributed by atoms with Crippen LogP contribution in [-0.4, -0.2) is 43.9 Å². The van der Waals surface area contributed by atoms with Gasteiger partial charge in [-0.3, -0.25) is 14.4 Å². The lowest BCUT2D eigenvalue weighted by molar-refractivity contribution is -0.122. The number of rotatable bonds is 6. The Hall–Kier alpha value is -4.22. The van der Waals surface area contributed by atoms with Gasteiger partial charge < -0.3 is 14.4 Å². The number of sulfonamides is 1. The van der Waals surface area contributed by atoms with Crippen LogP contribution in [0.1, 0.15) is 27.9 Å². The molecule has 0 bridgehead atoms. The predicted molar refractivity (Wildman–Crippen MR) is 132 cm³/mol. The van der Waals surface area contributed by atoms with E-state index in [0.29, 0.717) is 22.6 Å². The lowest BCUT2D eigenvalue weighted by Crippen LogP contribution is -2.45. The van der Waals surface area contributed by atoms with Gasteiger partial charge in [-0.05, 0) is 60.5 Å². The number of fused-ring (bicyclic) bond motifs is 1. The van der Waals surface area contributed by atoms with E-state index in [1.54, 1.807) is 43.3 Å². The molecule has 5 rings (SSSR count). The van der Waals surface area contributed by atoms with Crippen molar-refractivity contribution in [2.24, 2.45) is 5.14 Å². The van der Waals surface area contributed by atoms with E-state index >= 15 is 0 Å². The number of ether oxygens (including phenoxy) is 2. The Morgan fingerprint density at radius 1 is 1.03 bits per heavy atom. The second-order valence-electron chi connectivity index (χ2n) is 8.76. The molecule has 0 radical (unpaired) electrons. The Morgan fingerprint density at radius 3 is 2.43 bits per heavy atom. The van der Waals surface area contributed by atoms with Crippen LogP contribution in [0.5, 0.6) is 11.5 Å². The molecule has 1 saturated heterocycles. The minimum absolute atomic E-state index is 0.0473. The number of aryl methyl sites for hydroxylation is 1. The molecule has 2 N–H and O–H groups in total. The highest BCUT2D eigenvalue weighted by Gasteiger charge is 2.44. The number of hydrogen-bond donors (Lipinski definition) is 1. The van der Waals surface area contributed by atoms with Crippen molar-refractivity contribution in [1.29, 1.82) is 0 Å². The summed E-state index contributed by atoms with van der Waals surface area (Å²) in [6, 6.07) is 16.3. The summed E-state index contributed by atoms with van der Waals surface area (Å²) in [5.74, 6) is -0.371. The Balaban J connectivity index is 1.49. The van der Waals surface area contributed by atoms with Crippen molar-refractivity contribution in [2.75, 3.05) is 11.7 Å². The maximum atomic E-state index is 13.7. The molecule has 0 spiro atoms. The molecule has 190 valence electrons. The fourth-order valence-corrected chi connectivity index (χ4v) is 4.96. The number of benzene rings is 3. The molecule has 0 aromatic heterocycles. The third kappa shape index (κ3) is 4.66. The molecule has 37 heavy (non-hydrogen) atoms. The molecule has 0 aliphatic carbocycles. The van der Waals surface area contributed by atoms with Crippen molar-refractivity contribution in [3.05, 3.63) is 83.4 Å². The maximum Gasteiger partial charge on any atom is 0.257 e. The smallest absolute Gasteiger partial charge is 0.257 e. The van der Waals surface area contributed by atoms with Crippen LogP contribution in [-0.2, 0) is 26.2 Å². The fraction of sp³-hybridized carbons (Fsp3) is 0.192. The third-order valence-corrected chi connectivity index (χ3v) is 7.28. The third-order valence-electron chi connectivity index (χ3n) is 6.35. The highest BCUT2D eigenvalue weighted by molar-refractivity contribution is 7.89. The van der Waals surface area contributed by atoms with Gasteiger partial charge in [0, 0.05) is 12.1 Å². The first-order valence-electron chi connectivity index (χ1n) is 11.4. The zero-order valence-corrected chi connectivity index (χ0v) is 20.6. The van der Waals surface area contributed by atoms with Crippen LogP contribution in [0.4, 0.5) is 5.69 Å². The van der Waals surface area contributed by atoms with Gasteiger partial charge in [0.2, 0.25) is 22.7 Å². The average molecular weight is 522 g/mol. The van der Waals surface area contributed by atoms with Crippen molar-refractivity contribution < 1.29 is 32.3 Å². The van der Waals surface area contributed by atoms with E-state index in [2.05, 4.69) is 0 Å². The normalized spacial score (nSPS) is 16.8. The zero-order chi connectivity index (χ0) is 26.3. The molecule has 1 unspecified atom stereocenters. The van der Waals surface area contributed by atoms with E-state index in [1.165, 1.54) is 29.2 Å². The van der Waals surface area contributed by atoms with Crippen molar-refractivity contribution in [3.8, 4) is 11.5 Å².